The van der Waals surface area contributed by atoms with Crippen LogP contribution in [-0.4, -0.2) is 44.3 Å². The van der Waals surface area contributed by atoms with Crippen molar-refractivity contribution in [1.29, 1.82) is 0 Å². The zero-order chi connectivity index (χ0) is 21.6. The van der Waals surface area contributed by atoms with E-state index >= 15 is 0 Å². The zero-order valence-electron chi connectivity index (χ0n) is 20.0. The summed E-state index contributed by atoms with van der Waals surface area (Å²) in [5.74, 6) is 0. The van der Waals surface area contributed by atoms with Gasteiger partial charge in [0, 0.05) is 0 Å². The Morgan fingerprint density at radius 3 is 0.815 bits per heavy atom. The molecule has 0 aromatic heterocycles. The van der Waals surface area contributed by atoms with Gasteiger partial charge in [0.1, 0.15) is 0 Å². The maximum absolute atomic E-state index is 12.9. The van der Waals surface area contributed by atoms with Gasteiger partial charge in [0.2, 0.25) is 0 Å². The maximum Gasteiger partial charge on any atom is 0.254 e. The summed E-state index contributed by atoms with van der Waals surface area (Å²) in [6.45, 7) is 18.9. The van der Waals surface area contributed by atoms with E-state index in [-0.39, 0.29) is 0 Å². The van der Waals surface area contributed by atoms with E-state index in [0.717, 1.165) is 0 Å². The molecule has 0 saturated carbocycles. The van der Waals surface area contributed by atoms with E-state index in [2.05, 4.69) is 62.3 Å². The van der Waals surface area contributed by atoms with E-state index < -0.39 is 39.8 Å². The van der Waals surface area contributed by atoms with Crippen LogP contribution in [0, 0.1) is 0 Å². The van der Waals surface area contributed by atoms with Crippen LogP contribution in [0.4, 0.5) is 0 Å². The molecule has 0 spiro atoms. The first-order chi connectivity index (χ1) is 12.5. The fraction of sp³-hybridized carbons (Fsp3) is 1.00. The molecule has 0 fully saturated rings. The van der Waals surface area contributed by atoms with Gasteiger partial charge in [-0.2, -0.15) is 0 Å². The van der Waals surface area contributed by atoms with Crippen LogP contribution in [0.25, 0.3) is 0 Å². The van der Waals surface area contributed by atoms with Crippen molar-refractivity contribution in [2.24, 2.45) is 0 Å². The molecule has 0 bridgehead atoms. The van der Waals surface area contributed by atoms with Gasteiger partial charge in [-0.1, -0.05) is 117 Å². The highest BCUT2D eigenvalue weighted by Crippen LogP contribution is 2.51. The quantitative estimate of drug-likeness (QED) is 0.267. The third-order valence-electron chi connectivity index (χ3n) is 8.61. The molecule has 0 unspecified atom stereocenters. The molecule has 0 atom stereocenters. The molecule has 0 radical (unpaired) electrons. The number of hydrogen-bond acceptors (Lipinski definition) is 3. The maximum atomic E-state index is 12.9. The summed E-state index contributed by atoms with van der Waals surface area (Å²) in [7, 11) is -8.98. The lowest BCUT2D eigenvalue weighted by molar-refractivity contribution is 0.503. The molecule has 0 aliphatic carbocycles. The SMILES string of the molecule is CC[Si](CC)(CC)[Si](OS(C)(=O)=O)([Si](CC)(CC)CC)[Si](CC)(CC)CC. The minimum Gasteiger partial charge on any atom is -0.325 e. The molecule has 0 amide bonds. The normalized spacial score (nSPS) is 14.6. The Bertz CT molecular complexity index is 464. The summed E-state index contributed by atoms with van der Waals surface area (Å²) < 4.78 is 32.7. The monoisotopic (exact) mass is 468 g/mol. The Kier molecular flexibility index (Phi) is 11.0. The Balaban J connectivity index is 7.67. The predicted octanol–water partition coefficient (Wildman–Crippen LogP) is 6.67. The first-order valence-electron chi connectivity index (χ1n) is 11.4. The molecule has 0 aromatic rings. The molecule has 0 heterocycles. The van der Waals surface area contributed by atoms with E-state index in [0.29, 0.717) is 0 Å². The molecule has 0 aliphatic heterocycles. The molecule has 27 heavy (non-hydrogen) atoms. The highest BCUT2D eigenvalue weighted by Gasteiger charge is 2.73. The van der Waals surface area contributed by atoms with Gasteiger partial charge in [0.05, 0.1) is 29.0 Å². The van der Waals surface area contributed by atoms with Gasteiger partial charge in [-0.25, -0.2) is 8.42 Å². The van der Waals surface area contributed by atoms with Crippen molar-refractivity contribution in [3.63, 3.8) is 0 Å². The van der Waals surface area contributed by atoms with Crippen LogP contribution in [0.3, 0.4) is 0 Å². The zero-order valence-corrected chi connectivity index (χ0v) is 24.8. The lowest BCUT2D eigenvalue weighted by atomic mass is 10.9. The predicted molar refractivity (Wildman–Crippen MR) is 133 cm³/mol. The molecule has 8 heteroatoms. The molecule has 0 N–H and O–H groups in total. The first-order valence-corrected chi connectivity index (χ1v) is 26.0. The molecule has 0 rings (SSSR count). The highest BCUT2D eigenvalue weighted by atomic mass is 32.2. The van der Waals surface area contributed by atoms with Crippen molar-refractivity contribution >= 4 is 39.8 Å². The summed E-state index contributed by atoms with van der Waals surface area (Å²) in [4.78, 5) is 0. The number of rotatable bonds is 14. The summed E-state index contributed by atoms with van der Waals surface area (Å²) in [6.07, 6.45) is 1.36. The van der Waals surface area contributed by atoms with Crippen molar-refractivity contribution < 1.29 is 12.3 Å². The third kappa shape index (κ3) is 4.45. The fourth-order valence-electron chi connectivity index (χ4n) is 6.67. The molecule has 0 aromatic carbocycles. The lowest BCUT2D eigenvalue weighted by Gasteiger charge is -2.63. The Morgan fingerprint density at radius 2 is 0.704 bits per heavy atom. The fourth-order valence-corrected chi connectivity index (χ4v) is 114. The van der Waals surface area contributed by atoms with Gasteiger partial charge in [-0.15, -0.1) is 0 Å². The van der Waals surface area contributed by atoms with E-state index in [9.17, 15) is 8.42 Å². The summed E-state index contributed by atoms with van der Waals surface area (Å²) in [5.41, 5.74) is 0. The van der Waals surface area contributed by atoms with Crippen molar-refractivity contribution in [2.45, 2.75) is 117 Å². The van der Waals surface area contributed by atoms with Crippen LogP contribution >= 0.6 is 0 Å². The second kappa shape index (κ2) is 10.7. The topological polar surface area (TPSA) is 43.4 Å². The summed E-state index contributed by atoms with van der Waals surface area (Å²) in [5, 5.41) is 0. The lowest BCUT2D eigenvalue weighted by Crippen LogP contribution is -2.89. The largest absolute Gasteiger partial charge is 0.325 e. The highest BCUT2D eigenvalue weighted by molar-refractivity contribution is 7.96. The van der Waals surface area contributed by atoms with E-state index in [4.69, 9.17) is 3.87 Å². The average molecular weight is 469 g/mol. The molecule has 164 valence electrons. The smallest absolute Gasteiger partial charge is 0.254 e. The van der Waals surface area contributed by atoms with Crippen LogP contribution in [0.15, 0.2) is 0 Å². The Labute approximate surface area is 174 Å². The van der Waals surface area contributed by atoms with Crippen molar-refractivity contribution in [3.05, 3.63) is 0 Å². The van der Waals surface area contributed by atoms with E-state index in [1.807, 2.05) is 0 Å². The van der Waals surface area contributed by atoms with Crippen LogP contribution < -0.4 is 0 Å². The second-order valence-corrected chi connectivity index (χ2v) is 46.4. The van der Waals surface area contributed by atoms with Gasteiger partial charge >= 0.3 is 0 Å². The van der Waals surface area contributed by atoms with Gasteiger partial charge < -0.3 is 3.87 Å². The molecular formula is C19H48O3SSi4. The standard InChI is InChI=1S/C19H48O3SSi4/c1-11-24(12-2,13-3)27(22-23(10,20)21,25(14-4,15-5)16-6)26(17-7,18-8)19-9/h11-19H2,1-10H3. The molecule has 0 saturated heterocycles. The van der Waals surface area contributed by atoms with Crippen molar-refractivity contribution in [2.75, 3.05) is 6.26 Å². The van der Waals surface area contributed by atoms with Crippen LogP contribution in [-0.2, 0) is 14.0 Å². The second-order valence-electron chi connectivity index (χ2n) is 8.49. The molecule has 0 aliphatic rings. The summed E-state index contributed by atoms with van der Waals surface area (Å²) in [6, 6.07) is 10.8. The first kappa shape index (κ1) is 27.8. The van der Waals surface area contributed by atoms with Gasteiger partial charge in [-0.05, 0) is 0 Å². The van der Waals surface area contributed by atoms with Gasteiger partial charge in [-0.3, -0.25) is 0 Å². The Morgan fingerprint density at radius 1 is 0.519 bits per heavy atom. The van der Waals surface area contributed by atoms with Gasteiger partial charge in [0.15, 0.2) is 6.87 Å². The minimum absolute atomic E-state index is 1.20. The average Bonchev–Trinajstić information content (AvgIpc) is 2.66. The van der Waals surface area contributed by atoms with Crippen LogP contribution in [0.2, 0.25) is 54.4 Å². The van der Waals surface area contributed by atoms with Crippen molar-refractivity contribution in [3.8, 4) is 0 Å². The Hall–Kier alpha value is 0.778. The van der Waals surface area contributed by atoms with Crippen LogP contribution in [0.5, 0.6) is 0 Å². The third-order valence-corrected chi connectivity index (χ3v) is 81.4. The molecular weight excluding hydrogens is 421 g/mol. The van der Waals surface area contributed by atoms with Crippen molar-refractivity contribution in [1.82, 2.24) is 0 Å². The van der Waals surface area contributed by atoms with E-state index in [1.54, 1.807) is 0 Å². The molecule has 3 nitrogen and oxygen atoms in total. The van der Waals surface area contributed by atoms with E-state index in [1.165, 1.54) is 60.7 Å². The number of hydrogen-bond donors (Lipinski definition) is 0. The van der Waals surface area contributed by atoms with Crippen LogP contribution in [0.1, 0.15) is 62.3 Å². The van der Waals surface area contributed by atoms with Gasteiger partial charge in [0.25, 0.3) is 10.1 Å². The minimum atomic E-state index is -3.46. The summed E-state index contributed by atoms with van der Waals surface area (Å²) >= 11 is 0.